The Balaban J connectivity index is 2.16. The number of hydrogen-bond donors (Lipinski definition) is 1. The average molecular weight is 323 g/mol. The Morgan fingerprint density at radius 2 is 2.30 bits per heavy atom. The molecular formula is C12H16ClFN2O3S. The highest BCUT2D eigenvalue weighted by atomic mass is 35.5. The number of benzene rings is 1. The summed E-state index contributed by atoms with van der Waals surface area (Å²) >= 11 is 5.63. The third-order valence-corrected chi connectivity index (χ3v) is 5.14. The summed E-state index contributed by atoms with van der Waals surface area (Å²) in [7, 11) is -2.49. The van der Waals surface area contributed by atoms with Gasteiger partial charge < -0.3 is 10.1 Å². The Morgan fingerprint density at radius 1 is 1.55 bits per heavy atom. The van der Waals surface area contributed by atoms with E-state index in [1.807, 2.05) is 0 Å². The van der Waals surface area contributed by atoms with Gasteiger partial charge >= 0.3 is 0 Å². The molecule has 20 heavy (non-hydrogen) atoms. The first-order valence-electron chi connectivity index (χ1n) is 6.15. The van der Waals surface area contributed by atoms with Crippen LogP contribution in [0, 0.1) is 5.82 Å². The van der Waals surface area contributed by atoms with Gasteiger partial charge in [0.05, 0.1) is 12.7 Å². The van der Waals surface area contributed by atoms with Crippen LogP contribution >= 0.6 is 11.6 Å². The minimum atomic E-state index is -3.89. The molecule has 1 unspecified atom stereocenters. The number of nitrogens with one attached hydrogen (secondary N) is 1. The quantitative estimate of drug-likeness (QED) is 0.901. The summed E-state index contributed by atoms with van der Waals surface area (Å²) in [5.74, 6) is -0.855. The van der Waals surface area contributed by atoms with E-state index in [0.717, 1.165) is 16.9 Å². The summed E-state index contributed by atoms with van der Waals surface area (Å²) in [5.41, 5.74) is 0. The van der Waals surface area contributed by atoms with Crippen LogP contribution in [-0.2, 0) is 14.8 Å². The van der Waals surface area contributed by atoms with Gasteiger partial charge in [-0.2, -0.15) is 4.31 Å². The first kappa shape index (κ1) is 15.7. The smallest absolute Gasteiger partial charge is 0.245 e. The summed E-state index contributed by atoms with van der Waals surface area (Å²) in [4.78, 5) is -0.381. The normalized spacial score (nSPS) is 20.3. The van der Waals surface area contributed by atoms with E-state index in [0.29, 0.717) is 13.2 Å². The molecule has 0 saturated carbocycles. The molecule has 8 heteroatoms. The Bertz CT molecular complexity index is 576. The van der Waals surface area contributed by atoms with E-state index in [1.165, 1.54) is 19.2 Å². The highest BCUT2D eigenvalue weighted by Crippen LogP contribution is 2.22. The Labute approximate surface area is 122 Å². The molecule has 1 aromatic rings. The van der Waals surface area contributed by atoms with Gasteiger partial charge in [0.1, 0.15) is 10.7 Å². The van der Waals surface area contributed by atoms with Gasteiger partial charge in [-0.05, 0) is 18.2 Å². The van der Waals surface area contributed by atoms with Gasteiger partial charge in [0.15, 0.2) is 0 Å². The molecule has 1 atom stereocenters. The maximum atomic E-state index is 13.8. The molecule has 1 aromatic carbocycles. The molecule has 1 N–H and O–H groups in total. The fraction of sp³-hybridized carbons (Fsp3) is 0.500. The second kappa shape index (κ2) is 6.36. The number of rotatable bonds is 4. The van der Waals surface area contributed by atoms with Gasteiger partial charge in [0.25, 0.3) is 0 Å². The van der Waals surface area contributed by atoms with Crippen molar-refractivity contribution in [1.82, 2.24) is 9.62 Å². The lowest BCUT2D eigenvalue weighted by molar-refractivity contribution is 0.0206. The third kappa shape index (κ3) is 3.48. The van der Waals surface area contributed by atoms with Crippen molar-refractivity contribution < 1.29 is 17.5 Å². The van der Waals surface area contributed by atoms with Gasteiger partial charge in [-0.1, -0.05) is 11.6 Å². The molecule has 2 rings (SSSR count). The van der Waals surface area contributed by atoms with Crippen molar-refractivity contribution in [2.75, 3.05) is 33.3 Å². The molecule has 1 saturated heterocycles. The van der Waals surface area contributed by atoms with E-state index in [4.69, 9.17) is 16.3 Å². The lowest BCUT2D eigenvalue weighted by Gasteiger charge is -2.27. The number of hydrogen-bond acceptors (Lipinski definition) is 4. The van der Waals surface area contributed by atoms with Crippen LogP contribution < -0.4 is 5.32 Å². The zero-order chi connectivity index (χ0) is 14.8. The molecule has 0 bridgehead atoms. The average Bonchev–Trinajstić information content (AvgIpc) is 2.39. The molecule has 0 spiro atoms. The molecule has 0 amide bonds. The minimum Gasteiger partial charge on any atom is -0.374 e. The van der Waals surface area contributed by atoms with E-state index in [2.05, 4.69) is 5.32 Å². The standard InChI is InChI=1S/C12H16ClFN2O3S/c1-16(8-10-7-15-4-5-19-10)20(17,18)12-3-2-9(13)6-11(12)14/h2-3,6,10,15H,4-5,7-8H2,1H3. The third-order valence-electron chi connectivity index (χ3n) is 3.05. The van der Waals surface area contributed by atoms with Gasteiger partial charge in [0, 0.05) is 31.7 Å². The van der Waals surface area contributed by atoms with Crippen LogP contribution in [0.3, 0.4) is 0 Å². The summed E-state index contributed by atoms with van der Waals surface area (Å²) in [6, 6.07) is 3.51. The second-order valence-electron chi connectivity index (χ2n) is 4.56. The summed E-state index contributed by atoms with van der Waals surface area (Å²) in [5, 5.41) is 3.27. The predicted octanol–water partition coefficient (Wildman–Crippen LogP) is 1.09. The van der Waals surface area contributed by atoms with Gasteiger partial charge in [-0.15, -0.1) is 0 Å². The molecule has 5 nitrogen and oxygen atoms in total. The molecule has 1 heterocycles. The van der Waals surface area contributed by atoms with Crippen molar-refractivity contribution in [3.8, 4) is 0 Å². The first-order valence-corrected chi connectivity index (χ1v) is 7.97. The lowest BCUT2D eigenvalue weighted by Crippen LogP contribution is -2.45. The van der Waals surface area contributed by atoms with Crippen LogP contribution in [0.15, 0.2) is 23.1 Å². The summed E-state index contributed by atoms with van der Waals surface area (Å²) < 4.78 is 44.9. The molecule has 0 radical (unpaired) electrons. The van der Waals surface area contributed by atoms with Crippen LogP contribution in [0.4, 0.5) is 4.39 Å². The summed E-state index contributed by atoms with van der Waals surface area (Å²) in [6.45, 7) is 2.02. The van der Waals surface area contributed by atoms with Crippen LogP contribution in [-0.4, -0.2) is 52.1 Å². The van der Waals surface area contributed by atoms with E-state index in [-0.39, 0.29) is 22.6 Å². The Morgan fingerprint density at radius 3 is 2.90 bits per heavy atom. The number of nitrogens with zero attached hydrogens (tertiary/aromatic N) is 1. The predicted molar refractivity (Wildman–Crippen MR) is 73.8 cm³/mol. The van der Waals surface area contributed by atoms with Crippen LogP contribution in [0.25, 0.3) is 0 Å². The van der Waals surface area contributed by atoms with E-state index in [1.54, 1.807) is 0 Å². The zero-order valence-electron chi connectivity index (χ0n) is 11.0. The molecule has 1 aliphatic rings. The molecule has 1 fully saturated rings. The lowest BCUT2D eigenvalue weighted by atomic mass is 10.3. The number of morpholine rings is 1. The SMILES string of the molecule is CN(CC1CNCCO1)S(=O)(=O)c1ccc(Cl)cc1F. The van der Waals surface area contributed by atoms with Crippen molar-refractivity contribution in [3.05, 3.63) is 29.0 Å². The van der Waals surface area contributed by atoms with Crippen molar-refractivity contribution in [1.29, 1.82) is 0 Å². The minimum absolute atomic E-state index is 0.156. The number of ether oxygens (including phenoxy) is 1. The summed E-state index contributed by atoms with van der Waals surface area (Å²) in [6.07, 6.45) is -0.237. The topological polar surface area (TPSA) is 58.6 Å². The van der Waals surface area contributed by atoms with Crippen molar-refractivity contribution >= 4 is 21.6 Å². The zero-order valence-corrected chi connectivity index (χ0v) is 12.5. The molecule has 0 aliphatic carbocycles. The van der Waals surface area contributed by atoms with Gasteiger partial charge in [-0.3, -0.25) is 0 Å². The van der Waals surface area contributed by atoms with Gasteiger partial charge in [0.2, 0.25) is 10.0 Å². The first-order chi connectivity index (χ1) is 9.41. The van der Waals surface area contributed by atoms with E-state index < -0.39 is 15.8 Å². The highest BCUT2D eigenvalue weighted by molar-refractivity contribution is 7.89. The van der Waals surface area contributed by atoms with Crippen LogP contribution in [0.1, 0.15) is 0 Å². The van der Waals surface area contributed by atoms with Crippen molar-refractivity contribution in [2.24, 2.45) is 0 Å². The van der Waals surface area contributed by atoms with Crippen LogP contribution in [0.2, 0.25) is 5.02 Å². The van der Waals surface area contributed by atoms with Crippen LogP contribution in [0.5, 0.6) is 0 Å². The fourth-order valence-electron chi connectivity index (χ4n) is 1.97. The molecular weight excluding hydrogens is 307 g/mol. The number of likely N-dealkylation sites (N-methyl/N-ethyl adjacent to an activating group) is 1. The largest absolute Gasteiger partial charge is 0.374 e. The van der Waals surface area contributed by atoms with E-state index >= 15 is 0 Å². The monoisotopic (exact) mass is 322 g/mol. The Hall–Kier alpha value is -0.730. The maximum Gasteiger partial charge on any atom is 0.245 e. The second-order valence-corrected chi connectivity index (χ2v) is 7.01. The maximum absolute atomic E-state index is 13.8. The Kier molecular flexibility index (Phi) is 4.98. The molecule has 0 aromatic heterocycles. The van der Waals surface area contributed by atoms with Crippen molar-refractivity contribution in [3.63, 3.8) is 0 Å². The fourth-order valence-corrected chi connectivity index (χ4v) is 3.38. The van der Waals surface area contributed by atoms with Crippen molar-refractivity contribution in [2.45, 2.75) is 11.0 Å². The molecule has 1 aliphatic heterocycles. The highest BCUT2D eigenvalue weighted by Gasteiger charge is 2.27. The van der Waals surface area contributed by atoms with E-state index in [9.17, 15) is 12.8 Å². The van der Waals surface area contributed by atoms with Gasteiger partial charge in [-0.25, -0.2) is 12.8 Å². The number of sulfonamides is 1. The number of halogens is 2. The molecule has 112 valence electrons.